The maximum Gasteiger partial charge on any atom is 0.0396 e. The summed E-state index contributed by atoms with van der Waals surface area (Å²) in [6.07, 6.45) is 2.57. The number of rotatable bonds is 0. The number of halogens is 3. The lowest BCUT2D eigenvalue weighted by Crippen LogP contribution is -2.12. The van der Waals surface area contributed by atoms with Crippen LogP contribution in [0.3, 0.4) is 0 Å². The van der Waals surface area contributed by atoms with Gasteiger partial charge in [0.1, 0.15) is 0 Å². The molecular formula is C5H7Br3. The zero-order valence-corrected chi connectivity index (χ0v) is 9.04. The molecule has 2 unspecified atom stereocenters. The fourth-order valence-corrected chi connectivity index (χ4v) is 3.07. The van der Waals surface area contributed by atoms with E-state index >= 15 is 0 Å². The van der Waals surface area contributed by atoms with E-state index in [2.05, 4.69) is 47.8 Å². The van der Waals surface area contributed by atoms with Crippen molar-refractivity contribution < 1.29 is 0 Å². The van der Waals surface area contributed by atoms with Crippen LogP contribution in [-0.4, -0.2) is 14.5 Å². The van der Waals surface area contributed by atoms with E-state index in [0.717, 1.165) is 0 Å². The van der Waals surface area contributed by atoms with Crippen LogP contribution in [-0.2, 0) is 0 Å². The first-order valence-corrected chi connectivity index (χ1v) is 5.38. The van der Waals surface area contributed by atoms with E-state index in [1.54, 1.807) is 0 Å². The van der Waals surface area contributed by atoms with Crippen molar-refractivity contribution in [3.05, 3.63) is 0 Å². The molecule has 0 nitrogen and oxygen atoms in total. The van der Waals surface area contributed by atoms with Crippen LogP contribution in [0.25, 0.3) is 0 Å². The van der Waals surface area contributed by atoms with Crippen LogP contribution in [0.5, 0.6) is 0 Å². The molecule has 48 valence electrons. The molecule has 0 aromatic heterocycles. The van der Waals surface area contributed by atoms with Gasteiger partial charge in [-0.3, -0.25) is 0 Å². The lowest BCUT2D eigenvalue weighted by molar-refractivity contribution is 0.913. The molecule has 0 spiro atoms. The van der Waals surface area contributed by atoms with Gasteiger partial charge in [0.05, 0.1) is 0 Å². The van der Waals surface area contributed by atoms with Crippen LogP contribution in [0.15, 0.2) is 0 Å². The van der Waals surface area contributed by atoms with Crippen LogP contribution in [0.4, 0.5) is 0 Å². The Hall–Kier alpha value is 1.44. The van der Waals surface area contributed by atoms with Crippen molar-refractivity contribution in [1.29, 1.82) is 0 Å². The normalized spacial score (nSPS) is 47.6. The molecule has 1 aliphatic carbocycles. The van der Waals surface area contributed by atoms with E-state index in [4.69, 9.17) is 0 Å². The third kappa shape index (κ3) is 1.48. The van der Waals surface area contributed by atoms with Crippen molar-refractivity contribution in [3.8, 4) is 0 Å². The van der Waals surface area contributed by atoms with Gasteiger partial charge in [0.15, 0.2) is 0 Å². The van der Waals surface area contributed by atoms with Crippen molar-refractivity contribution in [3.63, 3.8) is 0 Å². The Balaban J connectivity index is 2.44. The second-order valence-electron chi connectivity index (χ2n) is 2.05. The van der Waals surface area contributed by atoms with Crippen LogP contribution < -0.4 is 0 Å². The van der Waals surface area contributed by atoms with Gasteiger partial charge in [-0.1, -0.05) is 47.8 Å². The van der Waals surface area contributed by atoms with Crippen molar-refractivity contribution >= 4 is 47.8 Å². The number of hydrogen-bond donors (Lipinski definition) is 0. The first-order chi connectivity index (χ1) is 3.72. The van der Waals surface area contributed by atoms with E-state index in [0.29, 0.717) is 14.5 Å². The molecule has 1 aliphatic rings. The third-order valence-corrected chi connectivity index (χ3v) is 6.16. The quantitative estimate of drug-likeness (QED) is 0.603. The first kappa shape index (κ1) is 7.55. The second kappa shape index (κ2) is 3.02. The fourth-order valence-electron chi connectivity index (χ4n) is 0.863. The zero-order chi connectivity index (χ0) is 6.15. The monoisotopic (exact) mass is 304 g/mol. The predicted octanol–water partition coefficient (Wildman–Crippen LogP) is 3.07. The summed E-state index contributed by atoms with van der Waals surface area (Å²) in [5.74, 6) is 0. The van der Waals surface area contributed by atoms with Crippen LogP contribution in [0.2, 0.25) is 0 Å². The molecule has 0 aromatic carbocycles. The van der Waals surface area contributed by atoms with E-state index in [1.165, 1.54) is 12.8 Å². The smallest absolute Gasteiger partial charge is 0.0396 e. The maximum absolute atomic E-state index is 3.58. The Bertz CT molecular complexity index is 73.7. The SMILES string of the molecule is BrC1CCC(Br)C1Br. The first-order valence-electron chi connectivity index (χ1n) is 2.64. The largest absolute Gasteiger partial charge is 0.0878 e. The summed E-state index contributed by atoms with van der Waals surface area (Å²) in [6, 6.07) is 0. The molecule has 0 radical (unpaired) electrons. The Morgan fingerprint density at radius 2 is 1.25 bits per heavy atom. The molecule has 0 N–H and O–H groups in total. The Kier molecular flexibility index (Phi) is 2.85. The van der Waals surface area contributed by atoms with Crippen LogP contribution in [0.1, 0.15) is 12.8 Å². The van der Waals surface area contributed by atoms with Gasteiger partial charge in [-0.15, -0.1) is 0 Å². The third-order valence-electron chi connectivity index (χ3n) is 1.41. The molecule has 0 aromatic rings. The number of alkyl halides is 3. The Labute approximate surface area is 74.8 Å². The highest BCUT2D eigenvalue weighted by atomic mass is 79.9. The second-order valence-corrected chi connectivity index (χ2v) is 5.46. The predicted molar refractivity (Wildman–Crippen MR) is 47.4 cm³/mol. The fraction of sp³-hybridized carbons (Fsp3) is 1.00. The summed E-state index contributed by atoms with van der Waals surface area (Å²) in [5, 5.41) is 0. The maximum atomic E-state index is 3.58. The molecule has 1 saturated carbocycles. The van der Waals surface area contributed by atoms with Crippen LogP contribution >= 0.6 is 47.8 Å². The summed E-state index contributed by atoms with van der Waals surface area (Å²) in [4.78, 5) is 1.97. The van der Waals surface area contributed by atoms with Gasteiger partial charge < -0.3 is 0 Å². The highest BCUT2D eigenvalue weighted by Gasteiger charge is 2.30. The van der Waals surface area contributed by atoms with E-state index in [1.807, 2.05) is 0 Å². The summed E-state index contributed by atoms with van der Waals surface area (Å²) >= 11 is 10.7. The Morgan fingerprint density at radius 3 is 1.38 bits per heavy atom. The minimum atomic E-state index is 0.627. The van der Waals surface area contributed by atoms with Gasteiger partial charge in [-0.05, 0) is 12.8 Å². The molecule has 2 atom stereocenters. The Morgan fingerprint density at radius 1 is 0.875 bits per heavy atom. The van der Waals surface area contributed by atoms with Crippen molar-refractivity contribution in [2.75, 3.05) is 0 Å². The molecule has 0 heterocycles. The van der Waals surface area contributed by atoms with Gasteiger partial charge in [0, 0.05) is 14.5 Å². The lowest BCUT2D eigenvalue weighted by Gasteiger charge is -2.06. The van der Waals surface area contributed by atoms with E-state index in [9.17, 15) is 0 Å². The average molecular weight is 307 g/mol. The summed E-state index contributed by atoms with van der Waals surface area (Å²) in [7, 11) is 0. The highest BCUT2D eigenvalue weighted by molar-refractivity contribution is 9.13. The zero-order valence-electron chi connectivity index (χ0n) is 4.28. The molecule has 1 fully saturated rings. The summed E-state index contributed by atoms with van der Waals surface area (Å²) < 4.78 is 0. The molecule has 8 heavy (non-hydrogen) atoms. The van der Waals surface area contributed by atoms with Crippen LogP contribution in [0, 0.1) is 0 Å². The minimum Gasteiger partial charge on any atom is -0.0878 e. The van der Waals surface area contributed by atoms with Gasteiger partial charge in [-0.2, -0.15) is 0 Å². The molecule has 1 rings (SSSR count). The van der Waals surface area contributed by atoms with Gasteiger partial charge in [0.25, 0.3) is 0 Å². The van der Waals surface area contributed by atoms with E-state index < -0.39 is 0 Å². The average Bonchev–Trinajstić information content (AvgIpc) is 1.98. The lowest BCUT2D eigenvalue weighted by atomic mass is 10.4. The summed E-state index contributed by atoms with van der Waals surface area (Å²) in [5.41, 5.74) is 0. The molecular weight excluding hydrogens is 300 g/mol. The highest BCUT2D eigenvalue weighted by Crippen LogP contribution is 2.35. The van der Waals surface area contributed by atoms with Crippen molar-refractivity contribution in [2.24, 2.45) is 0 Å². The van der Waals surface area contributed by atoms with Gasteiger partial charge in [-0.25, -0.2) is 0 Å². The molecule has 0 amide bonds. The minimum absolute atomic E-state index is 0.627. The standard InChI is InChI=1S/C5H7Br3/c6-3-1-2-4(7)5(3)8/h3-5H,1-2H2. The molecule has 3 heteroatoms. The van der Waals surface area contributed by atoms with Gasteiger partial charge in [0.2, 0.25) is 0 Å². The molecule has 0 bridgehead atoms. The molecule has 0 saturated heterocycles. The summed E-state index contributed by atoms with van der Waals surface area (Å²) in [6.45, 7) is 0. The van der Waals surface area contributed by atoms with Crippen molar-refractivity contribution in [1.82, 2.24) is 0 Å². The topological polar surface area (TPSA) is 0 Å². The van der Waals surface area contributed by atoms with E-state index in [-0.39, 0.29) is 0 Å². The number of hydrogen-bond acceptors (Lipinski definition) is 0. The van der Waals surface area contributed by atoms with Gasteiger partial charge >= 0.3 is 0 Å². The molecule has 0 aliphatic heterocycles. The van der Waals surface area contributed by atoms with Crippen molar-refractivity contribution in [2.45, 2.75) is 27.3 Å².